The first kappa shape index (κ1) is 15.0. The summed E-state index contributed by atoms with van der Waals surface area (Å²) >= 11 is 0. The number of hydrogen-bond donors (Lipinski definition) is 1. The third kappa shape index (κ3) is 3.45. The molecule has 1 N–H and O–H groups in total. The Kier molecular flexibility index (Phi) is 4.18. The Balaban J connectivity index is 1.61. The van der Waals surface area contributed by atoms with E-state index in [9.17, 15) is 4.79 Å². The van der Waals surface area contributed by atoms with Crippen LogP contribution in [0.4, 0.5) is 5.69 Å². The van der Waals surface area contributed by atoms with Crippen LogP contribution in [0.3, 0.4) is 0 Å². The van der Waals surface area contributed by atoms with Crippen molar-refractivity contribution in [2.75, 3.05) is 5.32 Å². The van der Waals surface area contributed by atoms with E-state index in [1.165, 1.54) is 0 Å². The number of benzene rings is 1. The van der Waals surface area contributed by atoms with Crippen LogP contribution in [0, 0.1) is 13.8 Å². The Bertz CT molecular complexity index is 789. The predicted octanol–water partition coefficient (Wildman–Crippen LogP) is 2.11. The molecule has 1 amide bonds. The number of aryl methyl sites for hydroxylation is 2. The van der Waals surface area contributed by atoms with Gasteiger partial charge < -0.3 is 9.88 Å². The molecule has 0 fully saturated rings. The lowest BCUT2D eigenvalue weighted by atomic mass is 10.2. The minimum absolute atomic E-state index is 0.0529. The minimum atomic E-state index is -0.0529. The fourth-order valence-corrected chi connectivity index (χ4v) is 2.26. The summed E-state index contributed by atoms with van der Waals surface area (Å²) in [5.74, 6) is -0.0529. The first-order valence-electron chi connectivity index (χ1n) is 7.38. The van der Waals surface area contributed by atoms with Crippen molar-refractivity contribution in [2.24, 2.45) is 0 Å². The van der Waals surface area contributed by atoms with Gasteiger partial charge in [0.1, 0.15) is 0 Å². The van der Waals surface area contributed by atoms with Gasteiger partial charge in [0.2, 0.25) is 5.91 Å². The molecule has 0 saturated carbocycles. The number of rotatable bonds is 5. The van der Waals surface area contributed by atoms with Crippen molar-refractivity contribution in [1.82, 2.24) is 24.5 Å². The molecule has 7 nitrogen and oxygen atoms in total. The lowest BCUT2D eigenvalue weighted by Gasteiger charge is -2.08. The monoisotopic (exact) mass is 310 g/mol. The molecule has 0 saturated heterocycles. The van der Waals surface area contributed by atoms with Crippen LogP contribution in [0.15, 0.2) is 43.0 Å². The zero-order valence-electron chi connectivity index (χ0n) is 13.1. The molecule has 3 aromatic rings. The topological polar surface area (TPSA) is 77.6 Å². The van der Waals surface area contributed by atoms with Gasteiger partial charge in [-0.25, -0.2) is 4.98 Å². The van der Waals surface area contributed by atoms with E-state index >= 15 is 0 Å². The summed E-state index contributed by atoms with van der Waals surface area (Å²) in [6, 6.07) is 7.69. The van der Waals surface area contributed by atoms with E-state index in [0.717, 1.165) is 22.8 Å². The van der Waals surface area contributed by atoms with E-state index in [1.54, 1.807) is 23.4 Å². The van der Waals surface area contributed by atoms with E-state index < -0.39 is 0 Å². The maximum absolute atomic E-state index is 11.9. The van der Waals surface area contributed by atoms with Crippen LogP contribution >= 0.6 is 0 Å². The first-order valence-corrected chi connectivity index (χ1v) is 7.38. The minimum Gasteiger partial charge on any atom is -0.326 e. The number of imidazole rings is 1. The van der Waals surface area contributed by atoms with Gasteiger partial charge in [-0.05, 0) is 38.1 Å². The second-order valence-corrected chi connectivity index (χ2v) is 5.30. The van der Waals surface area contributed by atoms with Crippen LogP contribution in [0.25, 0.3) is 5.69 Å². The van der Waals surface area contributed by atoms with Gasteiger partial charge in [-0.1, -0.05) is 5.21 Å². The third-order valence-corrected chi connectivity index (χ3v) is 3.72. The van der Waals surface area contributed by atoms with Crippen LogP contribution in [-0.4, -0.2) is 30.5 Å². The van der Waals surface area contributed by atoms with Gasteiger partial charge in [0.25, 0.3) is 0 Å². The molecule has 0 spiro atoms. The number of carbonyl (C=O) groups is 1. The zero-order chi connectivity index (χ0) is 16.2. The highest BCUT2D eigenvalue weighted by molar-refractivity contribution is 5.90. The highest BCUT2D eigenvalue weighted by Crippen LogP contribution is 2.16. The van der Waals surface area contributed by atoms with Crippen LogP contribution in [0.1, 0.15) is 17.8 Å². The van der Waals surface area contributed by atoms with Crippen LogP contribution in [-0.2, 0) is 11.3 Å². The van der Waals surface area contributed by atoms with Gasteiger partial charge in [0.05, 0.1) is 24.8 Å². The molecule has 23 heavy (non-hydrogen) atoms. The second kappa shape index (κ2) is 6.43. The van der Waals surface area contributed by atoms with Gasteiger partial charge in [-0.15, -0.1) is 5.10 Å². The molecule has 0 bridgehead atoms. The van der Waals surface area contributed by atoms with Gasteiger partial charge in [-0.2, -0.15) is 0 Å². The highest BCUT2D eigenvalue weighted by Gasteiger charge is 2.06. The van der Waals surface area contributed by atoms with Crippen molar-refractivity contribution in [2.45, 2.75) is 26.8 Å². The summed E-state index contributed by atoms with van der Waals surface area (Å²) in [5, 5.41) is 10.4. The maximum atomic E-state index is 11.9. The van der Waals surface area contributed by atoms with E-state index in [2.05, 4.69) is 20.6 Å². The number of nitrogens with zero attached hydrogens (tertiary/aromatic N) is 5. The Morgan fingerprint density at radius 2 is 2.00 bits per heavy atom. The van der Waals surface area contributed by atoms with Gasteiger partial charge in [0.15, 0.2) is 0 Å². The van der Waals surface area contributed by atoms with Crippen LogP contribution in [0.5, 0.6) is 0 Å². The number of hydrogen-bond acceptors (Lipinski definition) is 4. The summed E-state index contributed by atoms with van der Waals surface area (Å²) in [6.45, 7) is 4.52. The van der Waals surface area contributed by atoms with E-state index in [1.807, 2.05) is 42.7 Å². The fraction of sp³-hybridized carbons (Fsp3) is 0.250. The van der Waals surface area contributed by atoms with Crippen molar-refractivity contribution >= 4 is 11.6 Å². The maximum Gasteiger partial charge on any atom is 0.226 e. The molecule has 3 rings (SSSR count). The molecule has 0 aliphatic carbocycles. The molecule has 0 aliphatic rings. The highest BCUT2D eigenvalue weighted by atomic mass is 16.1. The zero-order valence-corrected chi connectivity index (χ0v) is 13.1. The average molecular weight is 310 g/mol. The summed E-state index contributed by atoms with van der Waals surface area (Å²) < 4.78 is 3.65. The molecule has 2 heterocycles. The summed E-state index contributed by atoms with van der Waals surface area (Å²) in [4.78, 5) is 16.2. The molecule has 0 aliphatic heterocycles. The Hall–Kier alpha value is -2.96. The van der Waals surface area contributed by atoms with Crippen LogP contribution < -0.4 is 5.32 Å². The van der Waals surface area contributed by atoms with Gasteiger partial charge in [0, 0.05) is 29.7 Å². The van der Waals surface area contributed by atoms with E-state index in [-0.39, 0.29) is 5.91 Å². The van der Waals surface area contributed by atoms with Crippen molar-refractivity contribution in [3.8, 4) is 5.69 Å². The molecular formula is C16H18N6O. The Labute approximate surface area is 134 Å². The first-order chi connectivity index (χ1) is 11.1. The molecule has 1 aromatic carbocycles. The number of amides is 1. The van der Waals surface area contributed by atoms with Crippen molar-refractivity contribution < 1.29 is 4.79 Å². The number of anilines is 1. The number of aromatic nitrogens is 5. The molecule has 0 unspecified atom stereocenters. The lowest BCUT2D eigenvalue weighted by Crippen LogP contribution is -2.14. The van der Waals surface area contributed by atoms with Crippen molar-refractivity contribution in [3.05, 3.63) is 54.4 Å². The van der Waals surface area contributed by atoms with Crippen LogP contribution in [0.2, 0.25) is 0 Å². The second-order valence-electron chi connectivity index (χ2n) is 5.30. The van der Waals surface area contributed by atoms with Crippen molar-refractivity contribution in [3.63, 3.8) is 0 Å². The van der Waals surface area contributed by atoms with Gasteiger partial charge in [-0.3, -0.25) is 9.48 Å². The smallest absolute Gasteiger partial charge is 0.226 e. The third-order valence-electron chi connectivity index (χ3n) is 3.72. The fourth-order valence-electron chi connectivity index (χ4n) is 2.26. The van der Waals surface area contributed by atoms with Gasteiger partial charge >= 0.3 is 0 Å². The molecule has 0 radical (unpaired) electrons. The summed E-state index contributed by atoms with van der Waals surface area (Å²) in [7, 11) is 0. The molecule has 7 heteroatoms. The van der Waals surface area contributed by atoms with Crippen molar-refractivity contribution in [1.29, 1.82) is 0 Å². The molecule has 118 valence electrons. The normalized spacial score (nSPS) is 10.7. The number of nitrogens with one attached hydrogen (secondary N) is 1. The molecule has 0 atom stereocenters. The largest absolute Gasteiger partial charge is 0.326 e. The number of carbonyl (C=O) groups excluding carboxylic acids is 1. The average Bonchev–Trinajstić information content (AvgIpc) is 3.18. The van der Waals surface area contributed by atoms with E-state index in [4.69, 9.17) is 0 Å². The molecular weight excluding hydrogens is 292 g/mol. The quantitative estimate of drug-likeness (QED) is 0.783. The van der Waals surface area contributed by atoms with E-state index in [0.29, 0.717) is 13.0 Å². The Morgan fingerprint density at radius 3 is 2.61 bits per heavy atom. The Morgan fingerprint density at radius 1 is 1.22 bits per heavy atom. The lowest BCUT2D eigenvalue weighted by molar-refractivity contribution is -0.116. The predicted molar refractivity (Wildman–Crippen MR) is 86.3 cm³/mol. The standard InChI is InChI=1S/C16H18N6O/c1-12-13(2)22(11-17-12)15-5-3-14(4-6-15)19-16(23)7-9-21-10-8-18-20-21/h3-6,8,10-11H,7,9H2,1-2H3,(H,19,23). The molecule has 2 aromatic heterocycles. The SMILES string of the molecule is Cc1ncn(-c2ccc(NC(=O)CCn3ccnn3)cc2)c1C. The summed E-state index contributed by atoms with van der Waals surface area (Å²) in [5.41, 5.74) is 3.90. The summed E-state index contributed by atoms with van der Waals surface area (Å²) in [6.07, 6.45) is 5.48.